The van der Waals surface area contributed by atoms with Crippen molar-refractivity contribution in [3.8, 4) is 0 Å². The van der Waals surface area contributed by atoms with E-state index in [2.05, 4.69) is 201 Å². The van der Waals surface area contributed by atoms with E-state index in [1.807, 2.05) is 6.20 Å². The van der Waals surface area contributed by atoms with Crippen molar-refractivity contribution < 1.29 is 18.9 Å². The first-order valence-electron chi connectivity index (χ1n) is 27.2. The van der Waals surface area contributed by atoms with Gasteiger partial charge in [0, 0.05) is 55.7 Å². The maximum absolute atomic E-state index is 7.19. The minimum absolute atomic E-state index is 0.00115. The number of hydrogen-bond donors (Lipinski definition) is 0. The first kappa shape index (κ1) is 57.7. The molecule has 0 amide bonds. The molecule has 10 nitrogen and oxygen atoms in total. The fraction of sp³-hybridized carbons (Fsp3) is 0.683. The van der Waals surface area contributed by atoms with Crippen molar-refractivity contribution in [2.75, 3.05) is 80.8 Å². The lowest BCUT2D eigenvalue weighted by atomic mass is 10.0. The average molecular weight is 967 g/mol. The molecular formula is C60H98N6O4. The Hall–Kier alpha value is -3.19. The molecule has 1 fully saturated rings. The van der Waals surface area contributed by atoms with E-state index >= 15 is 0 Å². The van der Waals surface area contributed by atoms with Gasteiger partial charge in [0.15, 0.2) is 0 Å². The van der Waals surface area contributed by atoms with E-state index in [0.29, 0.717) is 50.1 Å². The van der Waals surface area contributed by atoms with Gasteiger partial charge in [-0.25, -0.2) is 0 Å². The number of benzene rings is 3. The second kappa shape index (κ2) is 29.5. The van der Waals surface area contributed by atoms with Crippen molar-refractivity contribution in [2.45, 2.75) is 163 Å². The van der Waals surface area contributed by atoms with Crippen molar-refractivity contribution in [2.24, 2.45) is 23.7 Å². The summed E-state index contributed by atoms with van der Waals surface area (Å²) in [5.41, 5.74) is 5.00. The van der Waals surface area contributed by atoms with Gasteiger partial charge in [0.25, 0.3) is 0 Å². The van der Waals surface area contributed by atoms with E-state index < -0.39 is 0 Å². The minimum Gasteiger partial charge on any atom is -0.376 e. The number of aromatic nitrogens is 2. The number of para-hydroxylation sites is 1. The quantitative estimate of drug-likeness (QED) is 0.123. The molecule has 3 aromatic carbocycles. The number of likely N-dealkylation sites (N-methyl/N-ethyl adjacent to an activating group) is 4. The lowest BCUT2D eigenvalue weighted by Gasteiger charge is -2.37. The Morgan fingerprint density at radius 1 is 0.457 bits per heavy atom. The Balaban J connectivity index is 1.40. The van der Waals surface area contributed by atoms with Gasteiger partial charge in [-0.05, 0) is 127 Å². The van der Waals surface area contributed by atoms with E-state index in [1.54, 1.807) is 0 Å². The molecule has 0 unspecified atom stereocenters. The summed E-state index contributed by atoms with van der Waals surface area (Å²) < 4.78 is 30.1. The minimum atomic E-state index is 0.00115. The van der Waals surface area contributed by atoms with Crippen molar-refractivity contribution in [3.05, 3.63) is 102 Å². The molecule has 0 aliphatic carbocycles. The molecule has 1 saturated heterocycles. The Bertz CT molecular complexity index is 1990. The zero-order chi connectivity index (χ0) is 50.7. The topological polar surface area (TPSA) is 67.7 Å². The third kappa shape index (κ3) is 20.0. The highest BCUT2D eigenvalue weighted by Crippen LogP contribution is 2.22. The summed E-state index contributed by atoms with van der Waals surface area (Å²) in [5, 5.41) is 5.87. The predicted molar refractivity (Wildman–Crippen MR) is 293 cm³/mol. The van der Waals surface area contributed by atoms with E-state index in [4.69, 9.17) is 24.0 Å². The first-order valence-corrected chi connectivity index (χ1v) is 27.2. The van der Waals surface area contributed by atoms with Crippen LogP contribution >= 0.6 is 0 Å². The summed E-state index contributed by atoms with van der Waals surface area (Å²) in [7, 11) is 9.11. The summed E-state index contributed by atoms with van der Waals surface area (Å²) in [5.74, 6) is 2.15. The number of ether oxygens (including phenoxy) is 4. The van der Waals surface area contributed by atoms with Crippen LogP contribution in [0.2, 0.25) is 0 Å². The van der Waals surface area contributed by atoms with Gasteiger partial charge in [-0.2, -0.15) is 5.10 Å². The predicted octanol–water partition coefficient (Wildman–Crippen LogP) is 10.8. The molecule has 8 atom stereocenters. The van der Waals surface area contributed by atoms with Crippen molar-refractivity contribution in [1.29, 1.82) is 0 Å². The molecule has 4 aromatic rings. The smallest absolute Gasteiger partial charge is 0.0743 e. The zero-order valence-electron chi connectivity index (χ0n) is 46.4. The molecule has 0 saturated carbocycles. The number of nitrogens with zero attached hydrogens (tertiary/aromatic N) is 6. The van der Waals surface area contributed by atoms with Crippen LogP contribution in [0.4, 0.5) is 0 Å². The molecule has 1 aliphatic rings. The van der Waals surface area contributed by atoms with Crippen LogP contribution < -0.4 is 0 Å². The zero-order valence-corrected chi connectivity index (χ0v) is 46.4. The van der Waals surface area contributed by atoms with Crippen LogP contribution in [0.25, 0.3) is 10.9 Å². The fourth-order valence-electron chi connectivity index (χ4n) is 10.5. The SMILES string of the molecule is CC(C)C[C@H]1CO[C@H](C)CN(C)[C@@H](CC(C)C)CO[C@H](Cc2ccccc2)CN(C)[C@@H](CC(C)C)CO[C@H](C)CN(C)[C@@H](CC(C)C)CO[C@H](Cc2ccc(Cn3ncc4ccccc43)cc2)CN1C. The van der Waals surface area contributed by atoms with E-state index in [1.165, 1.54) is 22.1 Å². The summed E-state index contributed by atoms with van der Waals surface area (Å²) >= 11 is 0. The molecule has 2 heterocycles. The fourth-order valence-corrected chi connectivity index (χ4v) is 10.5. The Morgan fingerprint density at radius 3 is 1.27 bits per heavy atom. The molecule has 70 heavy (non-hydrogen) atoms. The second-order valence-electron chi connectivity index (χ2n) is 23.2. The van der Waals surface area contributed by atoms with Crippen LogP contribution in [-0.2, 0) is 38.3 Å². The lowest BCUT2D eigenvalue weighted by Crippen LogP contribution is -2.47. The first-order chi connectivity index (χ1) is 33.4. The molecule has 5 rings (SSSR count). The van der Waals surface area contributed by atoms with Crippen LogP contribution in [-0.4, -0.2) is 159 Å². The van der Waals surface area contributed by atoms with Gasteiger partial charge in [0.1, 0.15) is 0 Å². The standard InChI is InChI=1S/C60H98N6O4/c1-44(2)28-54-40-67-49(10)36-63(12)57(31-47(7)8)43-70-59(33-51-24-26-52(27-25-51)37-66-60-23-19-18-22-53(60)34-61-66)39-65(14)55(29-45(3)4)41-68-48(9)35-62(11)56(30-46(5)6)42-69-58(38-64(54)13)32-50-20-16-15-17-21-50/h15-27,34,44-49,54-59H,28-33,35-43H2,1-14H3/t48-,49-,54+,55+,56+,57+,58-,59-/m1/s1. The maximum atomic E-state index is 7.19. The number of hydrogen-bond acceptors (Lipinski definition) is 9. The van der Waals surface area contributed by atoms with Crippen molar-refractivity contribution >= 4 is 10.9 Å². The molecule has 10 heteroatoms. The monoisotopic (exact) mass is 967 g/mol. The van der Waals surface area contributed by atoms with E-state index in [9.17, 15) is 0 Å². The van der Waals surface area contributed by atoms with Crippen LogP contribution in [0.15, 0.2) is 85.1 Å². The van der Waals surface area contributed by atoms with Gasteiger partial charge >= 0.3 is 0 Å². The van der Waals surface area contributed by atoms with Crippen LogP contribution in [0, 0.1) is 23.7 Å². The van der Waals surface area contributed by atoms with Gasteiger partial charge in [0.2, 0.25) is 0 Å². The second-order valence-corrected chi connectivity index (χ2v) is 23.2. The van der Waals surface area contributed by atoms with Gasteiger partial charge in [-0.1, -0.05) is 128 Å². The highest BCUT2D eigenvalue weighted by atomic mass is 16.5. The molecule has 1 aliphatic heterocycles. The highest BCUT2D eigenvalue weighted by Gasteiger charge is 2.29. The lowest BCUT2D eigenvalue weighted by molar-refractivity contribution is -0.0536. The molecule has 0 N–H and O–H groups in total. The van der Waals surface area contributed by atoms with Crippen LogP contribution in [0.1, 0.15) is 112 Å². The highest BCUT2D eigenvalue weighted by molar-refractivity contribution is 5.78. The normalized spacial score (nSPS) is 26.1. The number of fused-ring (bicyclic) bond motifs is 1. The summed E-state index contributed by atoms with van der Waals surface area (Å²) in [6.07, 6.45) is 8.09. The van der Waals surface area contributed by atoms with Crippen molar-refractivity contribution in [3.63, 3.8) is 0 Å². The molecule has 1 aromatic heterocycles. The summed E-state index contributed by atoms with van der Waals surface area (Å²) in [6.45, 7) is 30.0. The summed E-state index contributed by atoms with van der Waals surface area (Å²) in [4.78, 5) is 10.1. The van der Waals surface area contributed by atoms with E-state index in [0.717, 1.165) is 76.8 Å². The third-order valence-electron chi connectivity index (χ3n) is 14.4. The van der Waals surface area contributed by atoms with Crippen LogP contribution in [0.5, 0.6) is 0 Å². The molecule has 392 valence electrons. The maximum Gasteiger partial charge on any atom is 0.0743 e. The molecule has 0 spiro atoms. The molecular weight excluding hydrogens is 869 g/mol. The number of rotatable bonds is 14. The molecule has 0 radical (unpaired) electrons. The third-order valence-corrected chi connectivity index (χ3v) is 14.4. The van der Waals surface area contributed by atoms with Crippen LogP contribution in [0.3, 0.4) is 0 Å². The van der Waals surface area contributed by atoms with Gasteiger partial charge in [-0.3, -0.25) is 24.3 Å². The largest absolute Gasteiger partial charge is 0.376 e. The van der Waals surface area contributed by atoms with Crippen molar-refractivity contribution in [1.82, 2.24) is 29.4 Å². The van der Waals surface area contributed by atoms with E-state index in [-0.39, 0.29) is 48.6 Å². The Kier molecular flexibility index (Phi) is 24.3. The Labute approximate surface area is 426 Å². The average Bonchev–Trinajstić information content (AvgIpc) is 3.71. The molecule has 0 bridgehead atoms. The Morgan fingerprint density at radius 2 is 0.829 bits per heavy atom. The van der Waals surface area contributed by atoms with Gasteiger partial charge in [-0.15, -0.1) is 0 Å². The summed E-state index contributed by atoms with van der Waals surface area (Å²) in [6, 6.07) is 29.5. The van der Waals surface area contributed by atoms with Gasteiger partial charge < -0.3 is 18.9 Å². The van der Waals surface area contributed by atoms with Gasteiger partial charge in [0.05, 0.1) is 69.1 Å².